The molecule has 0 aliphatic carbocycles. The first-order valence-electron chi connectivity index (χ1n) is 6.39. The molecule has 0 aromatic rings. The Balaban J connectivity index is -0.000000108. The summed E-state index contributed by atoms with van der Waals surface area (Å²) in [7, 11) is -18.0. The van der Waals surface area contributed by atoms with Crippen LogP contribution in [0.15, 0.2) is 0 Å². The maximum absolute atomic E-state index is 9.75. The van der Waals surface area contributed by atoms with Gasteiger partial charge in [-0.05, 0) is 0 Å². The topological polar surface area (TPSA) is 0 Å². The van der Waals surface area contributed by atoms with Crippen molar-refractivity contribution in [2.24, 2.45) is 0 Å². The van der Waals surface area contributed by atoms with E-state index in [2.05, 4.69) is 13.8 Å². The van der Waals surface area contributed by atoms with Gasteiger partial charge in [-0.3, -0.25) is 0 Å². The van der Waals surface area contributed by atoms with Crippen molar-refractivity contribution in [2.45, 2.75) is 39.5 Å². The van der Waals surface area contributed by atoms with Gasteiger partial charge < -0.3 is 51.8 Å². The number of rotatable bonds is 4. The second kappa shape index (κ2) is 16.5. The van der Waals surface area contributed by atoms with Crippen LogP contribution in [0.2, 0.25) is 0.0125 Å². The summed E-state index contributed by atoms with van der Waals surface area (Å²) >= 11 is 1.07. The molecule has 0 aromatic heterocycles. The van der Waals surface area contributed by atoms with Crippen molar-refractivity contribution in [3.05, 3.63) is 0 Å². The van der Waals surface area contributed by atoms with Gasteiger partial charge in [0, 0.05) is 0 Å². The van der Waals surface area contributed by atoms with E-state index >= 15 is 0 Å². The summed E-state index contributed by atoms with van der Waals surface area (Å²) in [6.45, 7) is 4.64. The molecule has 0 bridgehead atoms. The maximum Gasteiger partial charge on any atom is 0.673 e. The van der Waals surface area contributed by atoms with Crippen LogP contribution in [0.1, 0.15) is 39.5 Å². The van der Waals surface area contributed by atoms with Crippen LogP contribution in [0.4, 0.5) is 51.8 Å². The molecule has 0 rings (SSSR count). The fourth-order valence-electron chi connectivity index (χ4n) is 0.803. The van der Waals surface area contributed by atoms with Gasteiger partial charge in [0.1, 0.15) is 0 Å². The summed E-state index contributed by atoms with van der Waals surface area (Å²) in [5, 5.41) is 0. The molecule has 0 spiro atoms. The number of halogens is 12. The largest absolute Gasteiger partial charge is 0.673 e. The first kappa shape index (κ1) is 31.7. The molecule has 0 fully saturated rings. The standard InChI is InChI=1S/C7H15.3BF4.K/c1-3-5-7-6-4-2;3*2-1(3,4)5;/h3H,4-7H2,1-2H3;;;;/q;3*-1;. The van der Waals surface area contributed by atoms with Crippen LogP contribution in [-0.4, -0.2) is 70.7 Å². The van der Waals surface area contributed by atoms with Crippen molar-refractivity contribution in [1.82, 2.24) is 0 Å². The van der Waals surface area contributed by atoms with Gasteiger partial charge in [0.05, 0.1) is 0 Å². The summed E-state index contributed by atoms with van der Waals surface area (Å²) in [4.78, 5) is 0. The molecule has 23 heavy (non-hydrogen) atoms. The van der Waals surface area contributed by atoms with Crippen molar-refractivity contribution < 1.29 is 51.8 Å². The molecule has 1 atom stereocenters. The maximum atomic E-state index is 9.75. The molecule has 0 aliphatic heterocycles. The van der Waals surface area contributed by atoms with Gasteiger partial charge in [-0.15, -0.1) is 0 Å². The van der Waals surface area contributed by atoms with Crippen LogP contribution in [0.3, 0.4) is 0 Å². The molecule has 16 heteroatoms. The Morgan fingerprint density at radius 1 is 0.652 bits per heavy atom. The monoisotopic (exact) mass is 399 g/mol. The van der Waals surface area contributed by atoms with Crippen molar-refractivity contribution in [1.29, 1.82) is 0 Å². The van der Waals surface area contributed by atoms with E-state index in [1.165, 1.54) is 25.7 Å². The van der Waals surface area contributed by atoms with Gasteiger partial charge in [-0.25, -0.2) is 0 Å². The van der Waals surface area contributed by atoms with E-state index in [9.17, 15) is 51.8 Å². The Labute approximate surface area is 161 Å². The summed E-state index contributed by atoms with van der Waals surface area (Å²) < 4.78 is 118. The van der Waals surface area contributed by atoms with Crippen molar-refractivity contribution in [3.8, 4) is 0 Å². The van der Waals surface area contributed by atoms with Gasteiger partial charge in [0.15, 0.2) is 0 Å². The Morgan fingerprint density at radius 2 is 0.870 bits per heavy atom. The SMILES string of the molecule is CCCCC[CH](C)[K].F[B-](F)(F)F.F[B-](F)(F)F.F[B-](F)(F)F. The minimum Gasteiger partial charge on any atom is -0.418 e. The third-order valence-electron chi connectivity index (χ3n) is 1.39. The Morgan fingerprint density at radius 3 is 1.00 bits per heavy atom. The summed E-state index contributed by atoms with van der Waals surface area (Å²) in [5.41, 5.74) is 0. The molecular weight excluding hydrogens is 384 g/mol. The smallest absolute Gasteiger partial charge is 0.418 e. The summed E-state index contributed by atoms with van der Waals surface area (Å²) in [6.07, 6.45) is 5.79. The van der Waals surface area contributed by atoms with E-state index in [0.29, 0.717) is 0 Å². The van der Waals surface area contributed by atoms with Gasteiger partial charge in [-0.1, -0.05) is 0 Å². The van der Waals surface area contributed by atoms with Gasteiger partial charge >= 0.3 is 110 Å². The Kier molecular flexibility index (Phi) is 22.7. The summed E-state index contributed by atoms with van der Waals surface area (Å²) in [5.74, 6) is 0. The average Bonchev–Trinajstić information content (AvgIpc) is 2.08. The van der Waals surface area contributed by atoms with Crippen LogP contribution >= 0.6 is 0 Å². The normalized spacial score (nSPS) is 12.7. The Bertz CT molecular complexity index is 192. The molecule has 0 saturated heterocycles. The first-order chi connectivity index (χ1) is 9.77. The van der Waals surface area contributed by atoms with E-state index < -0.39 is 21.8 Å². The van der Waals surface area contributed by atoms with E-state index in [4.69, 9.17) is 0 Å². The van der Waals surface area contributed by atoms with Gasteiger partial charge in [0.2, 0.25) is 0 Å². The predicted molar refractivity (Wildman–Crippen MR) is 69.9 cm³/mol. The van der Waals surface area contributed by atoms with Crippen LogP contribution in [-0.2, 0) is 0 Å². The molecule has 0 nitrogen and oxygen atoms in total. The zero-order valence-electron chi connectivity index (χ0n) is 12.7. The number of hydrogen-bond donors (Lipinski definition) is 0. The molecule has 140 valence electrons. The van der Waals surface area contributed by atoms with E-state index in [-0.39, 0.29) is 0 Å². The molecule has 0 aromatic carbocycles. The average molecular weight is 399 g/mol. The fraction of sp³-hybridized carbons (Fsp3) is 1.00. The molecule has 0 aliphatic rings. The second-order valence-electron chi connectivity index (χ2n) is 4.37. The minimum absolute atomic E-state index is 1.07. The third-order valence-corrected chi connectivity index (χ3v) is 2.29. The fourth-order valence-corrected chi connectivity index (χ4v) is 1.44. The van der Waals surface area contributed by atoms with Gasteiger partial charge in [0.25, 0.3) is 0 Å². The number of hydrogen-bond acceptors (Lipinski definition) is 0. The molecule has 1 unspecified atom stereocenters. The molecule has 0 radical (unpaired) electrons. The molecule has 0 amide bonds. The van der Waals surface area contributed by atoms with E-state index in [0.717, 1.165) is 49.0 Å². The van der Waals surface area contributed by atoms with Crippen LogP contribution < -0.4 is 0 Å². The van der Waals surface area contributed by atoms with Crippen LogP contribution in [0.25, 0.3) is 0 Å². The zero-order chi connectivity index (χ0) is 19.9. The second-order valence-corrected chi connectivity index (χ2v) is 7.45. The molecular formula is C7H15B3F12K-3. The van der Waals surface area contributed by atoms with Crippen LogP contribution in [0, 0.1) is 0 Å². The first-order valence-corrected chi connectivity index (χ1v) is 8.19. The predicted octanol–water partition coefficient (Wildman–Crippen LogP) is 6.44. The molecule has 0 saturated carbocycles. The summed E-state index contributed by atoms with van der Waals surface area (Å²) in [6, 6.07) is 0. The molecule has 0 N–H and O–H groups in total. The van der Waals surface area contributed by atoms with Gasteiger partial charge in [-0.2, -0.15) is 0 Å². The zero-order valence-corrected chi connectivity index (χ0v) is 15.8. The van der Waals surface area contributed by atoms with Crippen LogP contribution in [0.5, 0.6) is 0 Å². The quantitative estimate of drug-likeness (QED) is 0.290. The van der Waals surface area contributed by atoms with Crippen molar-refractivity contribution in [2.75, 3.05) is 0 Å². The van der Waals surface area contributed by atoms with E-state index in [1.807, 2.05) is 0 Å². The third kappa shape index (κ3) is 282. The van der Waals surface area contributed by atoms with Crippen molar-refractivity contribution in [3.63, 3.8) is 0 Å². The minimum atomic E-state index is -6.00. The van der Waals surface area contributed by atoms with E-state index in [1.54, 1.807) is 0 Å². The van der Waals surface area contributed by atoms with Crippen molar-refractivity contribution >= 4 is 70.7 Å². The Hall–Kier alpha value is 0.991. The molecule has 0 heterocycles. The number of unbranched alkanes of at least 4 members (excludes halogenated alkanes) is 2.